The molecule has 0 bridgehead atoms. The Morgan fingerprint density at radius 1 is 1.03 bits per heavy atom. The summed E-state index contributed by atoms with van der Waals surface area (Å²) in [6.07, 6.45) is 5.25. The van der Waals surface area contributed by atoms with Crippen molar-refractivity contribution in [3.8, 4) is 28.6 Å². The number of rotatable bonds is 3. The van der Waals surface area contributed by atoms with Crippen LogP contribution in [0, 0.1) is 6.92 Å². The van der Waals surface area contributed by atoms with Gasteiger partial charge < -0.3 is 15.1 Å². The number of hydrogen-bond acceptors (Lipinski definition) is 6. The van der Waals surface area contributed by atoms with Gasteiger partial charge in [-0.05, 0) is 61.7 Å². The SMILES string of the molecule is Cc1cn(-c2ccc(-c3ccc4c(c3)CCCN4C(=O)c3ccc(O)cc3O)nn2)cn1. The van der Waals surface area contributed by atoms with Crippen molar-refractivity contribution in [3.05, 3.63) is 77.9 Å². The number of anilines is 1. The molecule has 160 valence electrons. The van der Waals surface area contributed by atoms with Crippen LogP contribution in [0.2, 0.25) is 0 Å². The molecular formula is C24H21N5O3. The van der Waals surface area contributed by atoms with E-state index >= 15 is 0 Å². The number of fused-ring (bicyclic) bond motifs is 1. The number of benzene rings is 2. The molecule has 2 N–H and O–H groups in total. The van der Waals surface area contributed by atoms with Crippen molar-refractivity contribution >= 4 is 11.6 Å². The quantitative estimate of drug-likeness (QED) is 0.517. The first-order valence-electron chi connectivity index (χ1n) is 10.3. The molecule has 32 heavy (non-hydrogen) atoms. The molecule has 1 amide bonds. The Balaban J connectivity index is 1.43. The number of aromatic hydroxyl groups is 2. The molecule has 0 radical (unpaired) electrons. The zero-order valence-electron chi connectivity index (χ0n) is 17.4. The number of carbonyl (C=O) groups excluding carboxylic acids is 1. The van der Waals surface area contributed by atoms with Crippen LogP contribution in [0.1, 0.15) is 28.0 Å². The molecule has 0 atom stereocenters. The molecular weight excluding hydrogens is 406 g/mol. The van der Waals surface area contributed by atoms with E-state index in [1.807, 2.05) is 48.0 Å². The minimum Gasteiger partial charge on any atom is -0.508 e. The predicted octanol–water partition coefficient (Wildman–Crippen LogP) is 3.64. The van der Waals surface area contributed by atoms with Gasteiger partial charge in [-0.1, -0.05) is 6.07 Å². The second kappa shape index (κ2) is 7.81. The van der Waals surface area contributed by atoms with Crippen molar-refractivity contribution in [2.75, 3.05) is 11.4 Å². The number of aryl methyl sites for hydroxylation is 2. The van der Waals surface area contributed by atoms with Gasteiger partial charge >= 0.3 is 0 Å². The van der Waals surface area contributed by atoms with E-state index < -0.39 is 0 Å². The van der Waals surface area contributed by atoms with Gasteiger partial charge in [-0.15, -0.1) is 10.2 Å². The van der Waals surface area contributed by atoms with Crippen LogP contribution in [0.3, 0.4) is 0 Å². The van der Waals surface area contributed by atoms with Crippen LogP contribution in [0.15, 0.2) is 61.1 Å². The summed E-state index contributed by atoms with van der Waals surface area (Å²) in [5, 5.41) is 28.3. The van der Waals surface area contributed by atoms with Gasteiger partial charge in [0.05, 0.1) is 17.0 Å². The van der Waals surface area contributed by atoms with E-state index in [1.54, 1.807) is 11.2 Å². The van der Waals surface area contributed by atoms with E-state index in [2.05, 4.69) is 15.2 Å². The second-order valence-electron chi connectivity index (χ2n) is 7.80. The standard InChI is InChI=1S/C24H21N5O3/c1-15-13-28(14-25-15)23-9-7-20(26-27-23)16-4-8-21-17(11-16)3-2-10-29(21)24(32)19-6-5-18(30)12-22(19)31/h4-9,11-14,30-31H,2-3,10H2,1H3. The number of phenolic OH excluding ortho intramolecular Hbond substituents is 2. The molecule has 3 heterocycles. The summed E-state index contributed by atoms with van der Waals surface area (Å²) in [6, 6.07) is 13.7. The molecule has 2 aromatic carbocycles. The summed E-state index contributed by atoms with van der Waals surface area (Å²) in [7, 11) is 0. The highest BCUT2D eigenvalue weighted by molar-refractivity contribution is 6.08. The van der Waals surface area contributed by atoms with Gasteiger partial charge in [-0.25, -0.2) is 4.98 Å². The molecule has 0 saturated carbocycles. The monoisotopic (exact) mass is 427 g/mol. The van der Waals surface area contributed by atoms with E-state index in [4.69, 9.17) is 0 Å². The minimum absolute atomic E-state index is 0.0852. The predicted molar refractivity (Wildman–Crippen MR) is 119 cm³/mol. The van der Waals surface area contributed by atoms with Crippen LogP contribution in [-0.2, 0) is 6.42 Å². The van der Waals surface area contributed by atoms with Crippen molar-refractivity contribution in [1.29, 1.82) is 0 Å². The summed E-state index contributed by atoms with van der Waals surface area (Å²) in [5.41, 5.74) is 4.59. The topological polar surface area (TPSA) is 104 Å². The molecule has 0 aliphatic carbocycles. The highest BCUT2D eigenvalue weighted by atomic mass is 16.3. The average Bonchev–Trinajstić information content (AvgIpc) is 3.24. The normalized spacial score (nSPS) is 13.1. The number of phenols is 2. The first-order chi connectivity index (χ1) is 15.5. The summed E-state index contributed by atoms with van der Waals surface area (Å²) >= 11 is 0. The van der Waals surface area contributed by atoms with Crippen LogP contribution in [0.5, 0.6) is 11.5 Å². The summed E-state index contributed by atoms with van der Waals surface area (Å²) < 4.78 is 1.82. The van der Waals surface area contributed by atoms with Gasteiger partial charge in [-0.2, -0.15) is 0 Å². The molecule has 0 unspecified atom stereocenters. The molecule has 5 rings (SSSR count). The maximum atomic E-state index is 13.1. The van der Waals surface area contributed by atoms with Gasteiger partial charge in [0.2, 0.25) is 0 Å². The van der Waals surface area contributed by atoms with Crippen LogP contribution >= 0.6 is 0 Å². The fourth-order valence-corrected chi connectivity index (χ4v) is 3.98. The largest absolute Gasteiger partial charge is 0.508 e. The lowest BCUT2D eigenvalue weighted by Crippen LogP contribution is -2.35. The summed E-state index contributed by atoms with van der Waals surface area (Å²) in [4.78, 5) is 19.0. The highest BCUT2D eigenvalue weighted by Crippen LogP contribution is 2.33. The number of imidazole rings is 1. The lowest BCUT2D eigenvalue weighted by atomic mass is 9.97. The van der Waals surface area contributed by atoms with Crippen molar-refractivity contribution in [2.45, 2.75) is 19.8 Å². The molecule has 2 aromatic heterocycles. The zero-order chi connectivity index (χ0) is 22.2. The first kappa shape index (κ1) is 19.7. The van der Waals surface area contributed by atoms with Crippen molar-refractivity contribution < 1.29 is 15.0 Å². The Kier molecular flexibility index (Phi) is 4.82. The molecule has 8 nitrogen and oxygen atoms in total. The Bertz CT molecular complexity index is 1310. The van der Waals surface area contributed by atoms with Gasteiger partial charge in [0.1, 0.15) is 17.8 Å². The van der Waals surface area contributed by atoms with E-state index in [1.165, 1.54) is 18.2 Å². The summed E-state index contributed by atoms with van der Waals surface area (Å²) in [5.74, 6) is 0.0778. The number of hydrogen-bond donors (Lipinski definition) is 2. The Labute approximate surface area is 184 Å². The Morgan fingerprint density at radius 2 is 1.91 bits per heavy atom. The van der Waals surface area contributed by atoms with Crippen molar-refractivity contribution in [3.63, 3.8) is 0 Å². The summed E-state index contributed by atoms with van der Waals surface area (Å²) in [6.45, 7) is 2.48. The zero-order valence-corrected chi connectivity index (χ0v) is 17.4. The average molecular weight is 427 g/mol. The van der Waals surface area contributed by atoms with Gasteiger partial charge in [0.25, 0.3) is 5.91 Å². The Morgan fingerprint density at radius 3 is 2.62 bits per heavy atom. The second-order valence-corrected chi connectivity index (χ2v) is 7.80. The molecule has 0 fully saturated rings. The van der Waals surface area contributed by atoms with Crippen LogP contribution < -0.4 is 4.90 Å². The fraction of sp³-hybridized carbons (Fsp3) is 0.167. The highest BCUT2D eigenvalue weighted by Gasteiger charge is 2.26. The van der Waals surface area contributed by atoms with Crippen LogP contribution in [0.4, 0.5) is 5.69 Å². The number of nitrogens with zero attached hydrogens (tertiary/aromatic N) is 5. The fourth-order valence-electron chi connectivity index (χ4n) is 3.98. The smallest absolute Gasteiger partial charge is 0.262 e. The molecule has 1 aliphatic heterocycles. The molecule has 1 aliphatic rings. The molecule has 8 heteroatoms. The minimum atomic E-state index is -0.295. The molecule has 0 saturated heterocycles. The molecule has 4 aromatic rings. The third kappa shape index (κ3) is 3.56. The lowest BCUT2D eigenvalue weighted by Gasteiger charge is -2.30. The van der Waals surface area contributed by atoms with Crippen LogP contribution in [-0.4, -0.2) is 42.4 Å². The van der Waals surface area contributed by atoms with Crippen LogP contribution in [0.25, 0.3) is 17.1 Å². The van der Waals surface area contributed by atoms with Gasteiger partial charge in [-0.3, -0.25) is 9.36 Å². The van der Waals surface area contributed by atoms with Crippen molar-refractivity contribution in [1.82, 2.24) is 19.7 Å². The third-order valence-corrected chi connectivity index (χ3v) is 5.58. The number of carbonyl (C=O) groups is 1. The van der Waals surface area contributed by atoms with Gasteiger partial charge in [0, 0.05) is 30.1 Å². The third-order valence-electron chi connectivity index (χ3n) is 5.58. The van der Waals surface area contributed by atoms with Crippen molar-refractivity contribution in [2.24, 2.45) is 0 Å². The van der Waals surface area contributed by atoms with E-state index in [9.17, 15) is 15.0 Å². The van der Waals surface area contributed by atoms with E-state index in [-0.39, 0.29) is 23.0 Å². The first-order valence-corrected chi connectivity index (χ1v) is 10.3. The maximum Gasteiger partial charge on any atom is 0.262 e. The van der Waals surface area contributed by atoms with Gasteiger partial charge in [0.15, 0.2) is 5.82 Å². The maximum absolute atomic E-state index is 13.1. The van der Waals surface area contributed by atoms with E-state index in [0.717, 1.165) is 41.0 Å². The van der Waals surface area contributed by atoms with E-state index in [0.29, 0.717) is 12.4 Å². The Hall–Kier alpha value is -4.20. The molecule has 0 spiro atoms. The number of aromatic nitrogens is 4. The lowest BCUT2D eigenvalue weighted by molar-refractivity contribution is 0.0982. The number of amides is 1.